The molecule has 0 aromatic carbocycles. The van der Waals surface area contributed by atoms with E-state index in [9.17, 15) is 14.5 Å². The van der Waals surface area contributed by atoms with Crippen molar-refractivity contribution >= 4 is 23.1 Å². The monoisotopic (exact) mass is 268 g/mol. The lowest BCUT2D eigenvalue weighted by atomic mass is 10.3. The molecule has 4 N–H and O–H groups in total. The number of hydrogen-bond acceptors (Lipinski definition) is 7. The zero-order valence-electron chi connectivity index (χ0n) is 9.68. The van der Waals surface area contributed by atoms with Crippen molar-refractivity contribution in [2.24, 2.45) is 0 Å². The van der Waals surface area contributed by atoms with E-state index in [0.717, 1.165) is 0 Å². The van der Waals surface area contributed by atoms with Crippen LogP contribution >= 0.6 is 0 Å². The number of pyridine rings is 1. The second-order valence-electron chi connectivity index (χ2n) is 3.43. The Morgan fingerprint density at radius 2 is 2.32 bits per heavy atom. The van der Waals surface area contributed by atoms with Gasteiger partial charge in [0.2, 0.25) is 11.7 Å². The predicted molar refractivity (Wildman–Crippen MR) is 63.7 cm³/mol. The van der Waals surface area contributed by atoms with Gasteiger partial charge in [-0.2, -0.15) is 0 Å². The molecule has 0 saturated heterocycles. The van der Waals surface area contributed by atoms with Crippen molar-refractivity contribution in [3.63, 3.8) is 0 Å². The van der Waals surface area contributed by atoms with Gasteiger partial charge >= 0.3 is 5.69 Å². The number of methoxy groups -OCH3 is 1. The lowest BCUT2D eigenvalue weighted by Crippen LogP contribution is -2.04. The van der Waals surface area contributed by atoms with Crippen LogP contribution < -0.4 is 15.8 Å². The molecule has 2 aromatic rings. The number of H-pyrrole nitrogens is 1. The van der Waals surface area contributed by atoms with Gasteiger partial charge in [-0.05, 0) is 0 Å². The summed E-state index contributed by atoms with van der Waals surface area (Å²) in [6, 6.07) is 2.15. The molecule has 0 fully saturated rings. The van der Waals surface area contributed by atoms with Gasteiger partial charge < -0.3 is 15.8 Å². The van der Waals surface area contributed by atoms with Crippen molar-refractivity contribution in [2.75, 3.05) is 18.2 Å². The molecule has 19 heavy (non-hydrogen) atoms. The molecule has 0 atom stereocenters. The second kappa shape index (κ2) is 4.76. The fourth-order valence-electron chi connectivity index (χ4n) is 1.33. The van der Waals surface area contributed by atoms with Crippen LogP contribution in [-0.4, -0.2) is 27.2 Å². The van der Waals surface area contributed by atoms with Crippen LogP contribution in [0.3, 0.4) is 0 Å². The first-order valence-electron chi connectivity index (χ1n) is 4.98. The maximum atomic E-state index is 13.6. The number of nitrogens with two attached hydrogens (primary N) is 1. The maximum absolute atomic E-state index is 13.6. The summed E-state index contributed by atoms with van der Waals surface area (Å²) in [5.41, 5.74) is 4.77. The molecule has 0 saturated carbocycles. The topological polar surface area (TPSA) is 132 Å². The van der Waals surface area contributed by atoms with Gasteiger partial charge in [0.15, 0.2) is 11.6 Å². The Labute approximate surface area is 105 Å². The Morgan fingerprint density at radius 1 is 1.58 bits per heavy atom. The van der Waals surface area contributed by atoms with Crippen LogP contribution in [0.25, 0.3) is 0 Å². The molecule has 2 aromatic heterocycles. The van der Waals surface area contributed by atoms with E-state index in [4.69, 9.17) is 10.5 Å². The summed E-state index contributed by atoms with van der Waals surface area (Å²) in [4.78, 5) is 13.3. The van der Waals surface area contributed by atoms with Gasteiger partial charge in [-0.1, -0.05) is 0 Å². The molecule has 100 valence electrons. The largest absolute Gasteiger partial charge is 0.480 e. The first-order chi connectivity index (χ1) is 9.01. The predicted octanol–water partition coefficient (Wildman–Crippen LogP) is 1.19. The van der Waals surface area contributed by atoms with E-state index in [-0.39, 0.29) is 17.5 Å². The van der Waals surface area contributed by atoms with Gasteiger partial charge in [-0.3, -0.25) is 15.2 Å². The van der Waals surface area contributed by atoms with Crippen molar-refractivity contribution in [1.82, 2.24) is 15.2 Å². The van der Waals surface area contributed by atoms with E-state index in [2.05, 4.69) is 20.5 Å². The fraction of sp³-hybridized carbons (Fsp3) is 0.111. The van der Waals surface area contributed by atoms with Crippen LogP contribution in [0.15, 0.2) is 12.1 Å². The summed E-state index contributed by atoms with van der Waals surface area (Å²) in [5.74, 6) is -0.960. The van der Waals surface area contributed by atoms with Crippen molar-refractivity contribution in [3.05, 3.63) is 28.1 Å². The molecule has 0 aliphatic rings. The summed E-state index contributed by atoms with van der Waals surface area (Å²) in [5, 5.41) is 19.3. The molecule has 2 heterocycles. The second-order valence-corrected chi connectivity index (χ2v) is 3.43. The Hall–Kier alpha value is -2.91. The summed E-state index contributed by atoms with van der Waals surface area (Å²) >= 11 is 0. The third-order valence-electron chi connectivity index (χ3n) is 2.20. The minimum absolute atomic E-state index is 0.255. The third-order valence-corrected chi connectivity index (χ3v) is 2.20. The summed E-state index contributed by atoms with van der Waals surface area (Å²) in [6.07, 6.45) is 0. The van der Waals surface area contributed by atoms with E-state index in [1.54, 1.807) is 0 Å². The molecule has 0 radical (unpaired) electrons. The molecular weight excluding hydrogens is 259 g/mol. The highest BCUT2D eigenvalue weighted by molar-refractivity contribution is 5.62. The first-order valence-corrected chi connectivity index (χ1v) is 4.98. The Kier molecular flexibility index (Phi) is 3.14. The summed E-state index contributed by atoms with van der Waals surface area (Å²) in [7, 11) is 1.42. The molecule has 10 heteroatoms. The average molecular weight is 268 g/mol. The van der Waals surface area contributed by atoms with E-state index >= 15 is 0 Å². The lowest BCUT2D eigenvalue weighted by molar-refractivity contribution is -0.384. The Bertz CT molecular complexity index is 628. The quantitative estimate of drug-likeness (QED) is 0.560. The zero-order valence-corrected chi connectivity index (χ0v) is 9.68. The summed E-state index contributed by atoms with van der Waals surface area (Å²) < 4.78 is 18.4. The number of nitrogens with zero attached hydrogens (tertiary/aromatic N) is 3. The molecule has 2 rings (SSSR count). The highest BCUT2D eigenvalue weighted by Crippen LogP contribution is 2.26. The number of halogens is 1. The van der Waals surface area contributed by atoms with Gasteiger partial charge in [0, 0.05) is 6.07 Å². The van der Waals surface area contributed by atoms with Gasteiger partial charge in [0.1, 0.15) is 5.82 Å². The minimum Gasteiger partial charge on any atom is -0.480 e. The van der Waals surface area contributed by atoms with Crippen molar-refractivity contribution in [1.29, 1.82) is 0 Å². The number of ether oxygens (including phenoxy) is 1. The highest BCUT2D eigenvalue weighted by atomic mass is 19.1. The number of aromatic nitrogens is 3. The Morgan fingerprint density at radius 3 is 2.89 bits per heavy atom. The lowest BCUT2D eigenvalue weighted by Gasteiger charge is -2.05. The van der Waals surface area contributed by atoms with E-state index in [0.29, 0.717) is 11.9 Å². The van der Waals surface area contributed by atoms with Gasteiger partial charge in [-0.15, -0.1) is 5.10 Å². The number of aromatic amines is 1. The van der Waals surface area contributed by atoms with Crippen molar-refractivity contribution < 1.29 is 14.1 Å². The maximum Gasteiger partial charge on any atom is 0.314 e. The molecule has 9 nitrogen and oxygen atoms in total. The minimum atomic E-state index is -0.908. The number of rotatable bonds is 4. The van der Waals surface area contributed by atoms with Crippen LogP contribution in [0.2, 0.25) is 0 Å². The van der Waals surface area contributed by atoms with Crippen LogP contribution in [0.5, 0.6) is 5.88 Å². The van der Waals surface area contributed by atoms with Gasteiger partial charge in [0.25, 0.3) is 0 Å². The third kappa shape index (κ3) is 2.51. The number of nitrogens with one attached hydrogen (secondary N) is 2. The SMILES string of the molecule is COc1cc(Nc2nc(N)c([N+](=O)[O-])cc2F)[nH]n1. The smallest absolute Gasteiger partial charge is 0.314 e. The van der Waals surface area contributed by atoms with Crippen LogP contribution in [0.1, 0.15) is 0 Å². The molecular formula is C9H9FN6O3. The highest BCUT2D eigenvalue weighted by Gasteiger charge is 2.18. The Balaban J connectivity index is 2.30. The standard InChI is InChI=1S/C9H9FN6O3/c1-19-7-3-6(14-15-7)12-9-4(10)2-5(16(17)18)8(11)13-9/h2-3H,1H3,(H4,11,12,13,14,15). The van der Waals surface area contributed by atoms with Crippen LogP contribution in [-0.2, 0) is 0 Å². The first kappa shape index (κ1) is 12.5. The number of nitro groups is 1. The molecule has 0 amide bonds. The molecule has 0 bridgehead atoms. The summed E-state index contributed by atoms with van der Waals surface area (Å²) in [6.45, 7) is 0. The van der Waals surface area contributed by atoms with Crippen molar-refractivity contribution in [3.8, 4) is 5.88 Å². The van der Waals surface area contributed by atoms with Crippen LogP contribution in [0, 0.1) is 15.9 Å². The average Bonchev–Trinajstić information content (AvgIpc) is 2.80. The van der Waals surface area contributed by atoms with Crippen molar-refractivity contribution in [2.45, 2.75) is 0 Å². The zero-order chi connectivity index (χ0) is 14.0. The van der Waals surface area contributed by atoms with Gasteiger partial charge in [0.05, 0.1) is 18.1 Å². The number of hydrogen-bond donors (Lipinski definition) is 3. The number of nitrogen functional groups attached to an aromatic ring is 1. The molecule has 0 spiro atoms. The van der Waals surface area contributed by atoms with E-state index < -0.39 is 16.4 Å². The fourth-order valence-corrected chi connectivity index (χ4v) is 1.33. The molecule has 0 aliphatic carbocycles. The van der Waals surface area contributed by atoms with Gasteiger partial charge in [-0.25, -0.2) is 9.37 Å². The molecule has 0 unspecified atom stereocenters. The van der Waals surface area contributed by atoms with Crippen LogP contribution in [0.4, 0.5) is 27.5 Å². The van der Waals surface area contributed by atoms with E-state index in [1.165, 1.54) is 13.2 Å². The number of anilines is 3. The normalized spacial score (nSPS) is 10.2. The molecule has 0 aliphatic heterocycles. The van der Waals surface area contributed by atoms with E-state index in [1.807, 2.05) is 0 Å².